The number of esters is 1. The number of hydrogen-bond acceptors (Lipinski definition) is 3. The summed E-state index contributed by atoms with van der Waals surface area (Å²) in [5.41, 5.74) is 8.07. The number of anilines is 1. The quantitative estimate of drug-likeness (QED) is 0.537. The van der Waals surface area contributed by atoms with Gasteiger partial charge in [-0.15, -0.1) is 0 Å². The van der Waals surface area contributed by atoms with E-state index in [1.807, 2.05) is 25.1 Å². The van der Waals surface area contributed by atoms with Crippen molar-refractivity contribution in [2.45, 2.75) is 18.8 Å². The number of hydrogen-bond donors (Lipinski definition) is 1. The van der Waals surface area contributed by atoms with Gasteiger partial charge in [-0.2, -0.15) is 0 Å². The summed E-state index contributed by atoms with van der Waals surface area (Å²) in [4.78, 5) is 11.5. The Labute approximate surface area is 82.9 Å². The monoisotopic (exact) mass is 191 g/mol. The maximum absolute atomic E-state index is 11.5. The molecule has 1 aromatic carbocycles. The van der Waals surface area contributed by atoms with Gasteiger partial charge in [0.15, 0.2) is 0 Å². The minimum Gasteiger partial charge on any atom is -0.468 e. The smallest absolute Gasteiger partial charge is 0.316 e. The van der Waals surface area contributed by atoms with Crippen LogP contribution in [0.15, 0.2) is 18.2 Å². The lowest BCUT2D eigenvalue weighted by atomic mass is 9.65. The molecule has 0 amide bonds. The van der Waals surface area contributed by atoms with Gasteiger partial charge in [0.05, 0.1) is 12.5 Å². The molecule has 1 aliphatic carbocycles. The largest absolute Gasteiger partial charge is 0.468 e. The van der Waals surface area contributed by atoms with Crippen LogP contribution in [-0.2, 0) is 21.4 Å². The Morgan fingerprint density at radius 3 is 2.93 bits per heavy atom. The van der Waals surface area contributed by atoms with Crippen molar-refractivity contribution in [3.05, 3.63) is 29.3 Å². The fourth-order valence-electron chi connectivity index (χ4n) is 2.04. The van der Waals surface area contributed by atoms with Crippen molar-refractivity contribution in [3.8, 4) is 0 Å². The molecule has 0 radical (unpaired) electrons. The molecule has 74 valence electrons. The predicted molar refractivity (Wildman–Crippen MR) is 53.9 cm³/mol. The van der Waals surface area contributed by atoms with Gasteiger partial charge in [-0.25, -0.2) is 0 Å². The van der Waals surface area contributed by atoms with Crippen LogP contribution in [0.1, 0.15) is 18.1 Å². The van der Waals surface area contributed by atoms with Gasteiger partial charge in [0.1, 0.15) is 0 Å². The molecular formula is C11H13NO2. The number of benzene rings is 1. The number of nitrogen functional groups attached to an aromatic ring is 1. The first-order valence-corrected chi connectivity index (χ1v) is 4.55. The molecule has 0 saturated heterocycles. The second kappa shape index (κ2) is 2.74. The Bertz CT molecular complexity index is 400. The van der Waals surface area contributed by atoms with E-state index >= 15 is 0 Å². The Hall–Kier alpha value is -1.51. The second-order valence-electron chi connectivity index (χ2n) is 3.92. The number of carbonyl (C=O) groups is 1. The van der Waals surface area contributed by atoms with Gasteiger partial charge < -0.3 is 10.5 Å². The SMILES string of the molecule is COC(=O)C1(C)Cc2ccc(N)cc21. The molecule has 14 heavy (non-hydrogen) atoms. The molecule has 3 nitrogen and oxygen atoms in total. The van der Waals surface area contributed by atoms with Crippen LogP contribution < -0.4 is 5.73 Å². The molecule has 0 bridgehead atoms. The summed E-state index contributed by atoms with van der Waals surface area (Å²) in [6, 6.07) is 5.68. The van der Waals surface area contributed by atoms with Gasteiger partial charge in [0.2, 0.25) is 0 Å². The number of rotatable bonds is 1. The van der Waals surface area contributed by atoms with Gasteiger partial charge in [0, 0.05) is 5.69 Å². The Kier molecular flexibility index (Phi) is 1.77. The molecule has 1 atom stereocenters. The van der Waals surface area contributed by atoms with E-state index in [9.17, 15) is 4.79 Å². The lowest BCUT2D eigenvalue weighted by Gasteiger charge is -2.38. The van der Waals surface area contributed by atoms with Crippen LogP contribution in [0, 0.1) is 0 Å². The van der Waals surface area contributed by atoms with E-state index in [1.54, 1.807) is 0 Å². The van der Waals surface area contributed by atoms with Crippen molar-refractivity contribution in [2.75, 3.05) is 12.8 Å². The topological polar surface area (TPSA) is 52.3 Å². The molecule has 0 fully saturated rings. The standard InChI is InChI=1S/C11H13NO2/c1-11(10(13)14-2)6-7-3-4-8(12)5-9(7)11/h3-5H,6,12H2,1-2H3. The summed E-state index contributed by atoms with van der Waals surface area (Å²) in [7, 11) is 1.41. The van der Waals surface area contributed by atoms with E-state index in [0.29, 0.717) is 5.69 Å². The Morgan fingerprint density at radius 1 is 1.57 bits per heavy atom. The third-order valence-corrected chi connectivity index (χ3v) is 2.91. The van der Waals surface area contributed by atoms with Gasteiger partial charge in [0.25, 0.3) is 0 Å². The van der Waals surface area contributed by atoms with Crippen LogP contribution in [-0.4, -0.2) is 13.1 Å². The fourth-order valence-corrected chi connectivity index (χ4v) is 2.04. The molecule has 0 heterocycles. The van der Waals surface area contributed by atoms with Crippen LogP contribution >= 0.6 is 0 Å². The Morgan fingerprint density at radius 2 is 2.29 bits per heavy atom. The molecule has 0 aromatic heterocycles. The van der Waals surface area contributed by atoms with Gasteiger partial charge in [-0.05, 0) is 36.6 Å². The molecule has 2 rings (SSSR count). The third kappa shape index (κ3) is 1.02. The lowest BCUT2D eigenvalue weighted by molar-refractivity contribution is -0.147. The average Bonchev–Trinajstić information content (AvgIpc) is 2.18. The van der Waals surface area contributed by atoms with Crippen LogP contribution in [0.25, 0.3) is 0 Å². The van der Waals surface area contributed by atoms with Crippen molar-refractivity contribution >= 4 is 11.7 Å². The molecular weight excluding hydrogens is 178 g/mol. The number of methoxy groups -OCH3 is 1. The Balaban J connectivity index is 2.43. The van der Waals surface area contributed by atoms with Crippen molar-refractivity contribution < 1.29 is 9.53 Å². The molecule has 2 N–H and O–H groups in total. The predicted octanol–water partition coefficient (Wildman–Crippen LogP) is 1.26. The van der Waals surface area contributed by atoms with E-state index in [0.717, 1.165) is 12.0 Å². The van der Waals surface area contributed by atoms with Crippen molar-refractivity contribution in [2.24, 2.45) is 0 Å². The van der Waals surface area contributed by atoms with Gasteiger partial charge in [-0.3, -0.25) is 4.79 Å². The van der Waals surface area contributed by atoms with Crippen molar-refractivity contribution in [1.82, 2.24) is 0 Å². The summed E-state index contributed by atoms with van der Waals surface area (Å²) in [6.45, 7) is 1.89. The first-order chi connectivity index (χ1) is 6.58. The summed E-state index contributed by atoms with van der Waals surface area (Å²) in [6.07, 6.45) is 0.745. The molecule has 3 heteroatoms. The van der Waals surface area contributed by atoms with Gasteiger partial charge >= 0.3 is 5.97 Å². The van der Waals surface area contributed by atoms with Gasteiger partial charge in [-0.1, -0.05) is 6.07 Å². The molecule has 0 saturated carbocycles. The zero-order valence-electron chi connectivity index (χ0n) is 8.33. The lowest BCUT2D eigenvalue weighted by Crippen LogP contribution is -2.44. The first kappa shape index (κ1) is 9.06. The maximum Gasteiger partial charge on any atom is 0.316 e. The third-order valence-electron chi connectivity index (χ3n) is 2.91. The van der Waals surface area contributed by atoms with E-state index in [2.05, 4.69) is 0 Å². The zero-order valence-corrected chi connectivity index (χ0v) is 8.33. The van der Waals surface area contributed by atoms with Crippen molar-refractivity contribution in [3.63, 3.8) is 0 Å². The highest BCUT2D eigenvalue weighted by atomic mass is 16.5. The zero-order chi connectivity index (χ0) is 10.3. The summed E-state index contributed by atoms with van der Waals surface area (Å²) >= 11 is 0. The number of carbonyl (C=O) groups excluding carboxylic acids is 1. The van der Waals surface area contributed by atoms with Crippen molar-refractivity contribution in [1.29, 1.82) is 0 Å². The fraction of sp³-hybridized carbons (Fsp3) is 0.364. The highest BCUT2D eigenvalue weighted by Crippen LogP contribution is 2.42. The average molecular weight is 191 g/mol. The molecule has 1 aromatic rings. The highest BCUT2D eigenvalue weighted by Gasteiger charge is 2.45. The molecule has 0 spiro atoms. The first-order valence-electron chi connectivity index (χ1n) is 4.55. The minimum atomic E-state index is -0.487. The van der Waals surface area contributed by atoms with E-state index in [1.165, 1.54) is 12.7 Å². The molecule has 1 unspecified atom stereocenters. The van der Waals surface area contributed by atoms with Crippen LogP contribution in [0.5, 0.6) is 0 Å². The van der Waals surface area contributed by atoms with E-state index < -0.39 is 5.41 Å². The summed E-state index contributed by atoms with van der Waals surface area (Å²) < 4.78 is 4.77. The summed E-state index contributed by atoms with van der Waals surface area (Å²) in [5, 5.41) is 0. The number of nitrogens with two attached hydrogens (primary N) is 1. The number of ether oxygens (including phenoxy) is 1. The van der Waals surface area contributed by atoms with E-state index in [4.69, 9.17) is 10.5 Å². The normalized spacial score (nSPS) is 23.6. The highest BCUT2D eigenvalue weighted by molar-refractivity contribution is 5.87. The minimum absolute atomic E-state index is 0.185. The van der Waals surface area contributed by atoms with E-state index in [-0.39, 0.29) is 5.97 Å². The second-order valence-corrected chi connectivity index (χ2v) is 3.92. The molecule has 0 aliphatic heterocycles. The van der Waals surface area contributed by atoms with Crippen LogP contribution in [0.2, 0.25) is 0 Å². The van der Waals surface area contributed by atoms with Crippen LogP contribution in [0.3, 0.4) is 0 Å². The summed E-state index contributed by atoms with van der Waals surface area (Å²) in [5.74, 6) is -0.185. The maximum atomic E-state index is 11.5. The van der Waals surface area contributed by atoms with Crippen LogP contribution in [0.4, 0.5) is 5.69 Å². The number of fused-ring (bicyclic) bond motifs is 1. The molecule has 1 aliphatic rings.